The molecule has 3 heterocycles. The van der Waals surface area contributed by atoms with Crippen molar-refractivity contribution < 1.29 is 9.59 Å². The molecule has 8 nitrogen and oxygen atoms in total. The van der Waals surface area contributed by atoms with E-state index < -0.39 is 18.2 Å². The summed E-state index contributed by atoms with van der Waals surface area (Å²) in [6.07, 6.45) is 1.45. The molecule has 0 aromatic heterocycles. The van der Waals surface area contributed by atoms with Crippen LogP contribution < -0.4 is 10.6 Å². The maximum absolute atomic E-state index is 12.3. The summed E-state index contributed by atoms with van der Waals surface area (Å²) in [4.78, 5) is 34.2. The lowest BCUT2D eigenvalue weighted by molar-refractivity contribution is -0.126. The van der Waals surface area contributed by atoms with Crippen LogP contribution in [0.25, 0.3) is 0 Å². The molecule has 2 N–H and O–H groups in total. The average Bonchev–Trinajstić information content (AvgIpc) is 3.09. The predicted molar refractivity (Wildman–Crippen MR) is 98.3 cm³/mol. The number of imide groups is 1. The van der Waals surface area contributed by atoms with Crippen LogP contribution >= 0.6 is 0 Å². The first-order valence-corrected chi connectivity index (χ1v) is 8.66. The zero-order valence-corrected chi connectivity index (χ0v) is 15.1. The number of amides is 3. The summed E-state index contributed by atoms with van der Waals surface area (Å²) in [7, 11) is 1.66. The van der Waals surface area contributed by atoms with Crippen molar-refractivity contribution >= 4 is 23.6 Å². The Kier molecular flexibility index (Phi) is 3.82. The number of nitrogens with zero attached hydrogens (tertiary/aromatic N) is 4. The molecule has 2 atom stereocenters. The van der Waals surface area contributed by atoms with Gasteiger partial charge in [-0.05, 0) is 31.5 Å². The smallest absolute Gasteiger partial charge is 0.325 e. The van der Waals surface area contributed by atoms with Gasteiger partial charge in [0, 0.05) is 37.7 Å². The van der Waals surface area contributed by atoms with Crippen LogP contribution in [-0.2, 0) is 4.79 Å². The normalized spacial score (nSPS) is 24.2. The number of allylic oxidation sites excluding steroid dienone is 1. The number of carbonyl (C=O) groups excluding carboxylic acids is 2. The lowest BCUT2D eigenvalue weighted by Gasteiger charge is -2.34. The maximum Gasteiger partial charge on any atom is 0.325 e. The molecule has 1 aromatic carbocycles. The number of anilines is 1. The van der Waals surface area contributed by atoms with E-state index in [-0.39, 0.29) is 5.91 Å². The quantitative estimate of drug-likeness (QED) is 0.847. The van der Waals surface area contributed by atoms with E-state index in [1.54, 1.807) is 7.05 Å². The van der Waals surface area contributed by atoms with Gasteiger partial charge in [0.05, 0.1) is 0 Å². The van der Waals surface area contributed by atoms with E-state index in [9.17, 15) is 9.59 Å². The van der Waals surface area contributed by atoms with Crippen molar-refractivity contribution in [2.45, 2.75) is 26.1 Å². The highest BCUT2D eigenvalue weighted by Gasteiger charge is 2.51. The van der Waals surface area contributed by atoms with Gasteiger partial charge in [-0.25, -0.2) is 9.79 Å². The van der Waals surface area contributed by atoms with Crippen molar-refractivity contribution in [3.05, 3.63) is 41.7 Å². The number of rotatable bonds is 4. The van der Waals surface area contributed by atoms with Gasteiger partial charge < -0.3 is 20.0 Å². The number of aryl methyl sites for hydroxylation is 1. The highest BCUT2D eigenvalue weighted by atomic mass is 16.2. The van der Waals surface area contributed by atoms with E-state index in [0.29, 0.717) is 6.54 Å². The number of guanidine groups is 1. The topological polar surface area (TPSA) is 80.3 Å². The molecular weight excluding hydrogens is 332 g/mol. The highest BCUT2D eigenvalue weighted by Crippen LogP contribution is 2.31. The van der Waals surface area contributed by atoms with Crippen LogP contribution in [0.3, 0.4) is 0 Å². The predicted octanol–water partition coefficient (Wildman–Crippen LogP) is 1.13. The van der Waals surface area contributed by atoms with Crippen LogP contribution in [0.1, 0.15) is 12.5 Å². The number of aliphatic imine (C=N–C) groups is 1. The second-order valence-electron chi connectivity index (χ2n) is 6.82. The second-order valence-corrected chi connectivity index (χ2v) is 6.82. The van der Waals surface area contributed by atoms with Crippen LogP contribution in [-0.4, -0.2) is 64.9 Å². The van der Waals surface area contributed by atoms with Gasteiger partial charge in [0.15, 0.2) is 12.2 Å². The summed E-state index contributed by atoms with van der Waals surface area (Å²) >= 11 is 0. The van der Waals surface area contributed by atoms with Gasteiger partial charge in [-0.1, -0.05) is 12.1 Å². The molecule has 0 saturated carbocycles. The summed E-state index contributed by atoms with van der Waals surface area (Å²) in [6, 6.07) is 7.32. The number of nitrogens with one attached hydrogen (secondary N) is 2. The van der Waals surface area contributed by atoms with E-state index in [0.717, 1.165) is 23.9 Å². The Morgan fingerprint density at radius 2 is 2.08 bits per heavy atom. The third kappa shape index (κ3) is 2.58. The number of hydrogen-bond donors (Lipinski definition) is 2. The highest BCUT2D eigenvalue weighted by molar-refractivity contribution is 6.04. The van der Waals surface area contributed by atoms with E-state index in [4.69, 9.17) is 0 Å². The molecule has 0 aliphatic carbocycles. The first-order chi connectivity index (χ1) is 12.5. The average molecular weight is 354 g/mol. The molecule has 136 valence electrons. The molecule has 0 radical (unpaired) electrons. The molecule has 1 fully saturated rings. The Bertz CT molecular complexity index is 833. The molecule has 2 unspecified atom stereocenters. The zero-order chi connectivity index (χ0) is 18.4. The largest absolute Gasteiger partial charge is 0.383 e. The molecule has 1 saturated heterocycles. The van der Waals surface area contributed by atoms with Gasteiger partial charge in [-0.15, -0.1) is 0 Å². The number of benzene rings is 1. The minimum atomic E-state index is -0.502. The van der Waals surface area contributed by atoms with Crippen molar-refractivity contribution in [1.29, 1.82) is 0 Å². The first kappa shape index (κ1) is 16.4. The van der Waals surface area contributed by atoms with Crippen LogP contribution in [0.5, 0.6) is 0 Å². The van der Waals surface area contributed by atoms with E-state index in [1.807, 2.05) is 30.2 Å². The zero-order valence-electron chi connectivity index (χ0n) is 15.1. The van der Waals surface area contributed by atoms with Crippen LogP contribution in [0.2, 0.25) is 0 Å². The number of fused-ring (bicyclic) bond motifs is 3. The van der Waals surface area contributed by atoms with Gasteiger partial charge in [0.25, 0.3) is 5.91 Å². The lowest BCUT2D eigenvalue weighted by atomic mass is 10.1. The van der Waals surface area contributed by atoms with Gasteiger partial charge in [0.1, 0.15) is 0 Å². The molecule has 0 bridgehead atoms. The number of likely N-dealkylation sites (N-methyl/N-ethyl adjacent to an activating group) is 1. The van der Waals surface area contributed by atoms with Crippen LogP contribution in [0, 0.1) is 6.92 Å². The Hall–Kier alpha value is -3.03. The first-order valence-electron chi connectivity index (χ1n) is 8.66. The minimum absolute atomic E-state index is 0.305. The number of hydrogen-bond acceptors (Lipinski definition) is 6. The third-order valence-electron chi connectivity index (χ3n) is 4.95. The van der Waals surface area contributed by atoms with Crippen molar-refractivity contribution in [3.8, 4) is 0 Å². The van der Waals surface area contributed by atoms with Gasteiger partial charge >= 0.3 is 6.03 Å². The Balaban J connectivity index is 1.47. The van der Waals surface area contributed by atoms with Crippen LogP contribution in [0.15, 0.2) is 41.2 Å². The lowest BCUT2D eigenvalue weighted by Crippen LogP contribution is -2.62. The minimum Gasteiger partial charge on any atom is -0.383 e. The third-order valence-corrected chi connectivity index (χ3v) is 4.95. The molecular formula is C18H22N6O2. The van der Waals surface area contributed by atoms with Crippen molar-refractivity contribution in [2.24, 2.45) is 4.99 Å². The van der Waals surface area contributed by atoms with Crippen molar-refractivity contribution in [1.82, 2.24) is 20.0 Å². The van der Waals surface area contributed by atoms with Crippen molar-refractivity contribution in [3.63, 3.8) is 0 Å². The van der Waals surface area contributed by atoms with Gasteiger partial charge in [-0.3, -0.25) is 10.1 Å². The second kappa shape index (κ2) is 6.05. The molecule has 3 aliphatic heterocycles. The van der Waals surface area contributed by atoms with E-state index in [1.165, 1.54) is 10.5 Å². The molecule has 3 amide bonds. The number of carbonyl (C=O) groups is 2. The molecule has 26 heavy (non-hydrogen) atoms. The Morgan fingerprint density at radius 3 is 2.85 bits per heavy atom. The van der Waals surface area contributed by atoms with Gasteiger partial charge in [-0.2, -0.15) is 0 Å². The summed E-state index contributed by atoms with van der Waals surface area (Å²) in [5, 5.41) is 5.80. The molecule has 4 rings (SSSR count). The fourth-order valence-electron chi connectivity index (χ4n) is 3.59. The monoisotopic (exact) mass is 354 g/mol. The van der Waals surface area contributed by atoms with E-state index >= 15 is 0 Å². The summed E-state index contributed by atoms with van der Waals surface area (Å²) in [5.41, 5.74) is 3.32. The summed E-state index contributed by atoms with van der Waals surface area (Å²) in [6.45, 7) is 5.51. The molecule has 3 aliphatic rings. The summed E-state index contributed by atoms with van der Waals surface area (Å²) in [5.74, 6) is 0.417. The Morgan fingerprint density at radius 1 is 1.27 bits per heavy atom. The number of urea groups is 1. The fourth-order valence-corrected chi connectivity index (χ4v) is 3.59. The molecule has 1 aromatic rings. The van der Waals surface area contributed by atoms with Gasteiger partial charge in [0.2, 0.25) is 5.96 Å². The van der Waals surface area contributed by atoms with Crippen molar-refractivity contribution in [2.75, 3.05) is 25.5 Å². The van der Waals surface area contributed by atoms with Crippen LogP contribution in [0.4, 0.5) is 10.5 Å². The SMILES string of the molecule is CC1=CN2C(=NC3C2C(=O)NC(=O)N3C)N1CCNc1cccc(C)c1. The summed E-state index contributed by atoms with van der Waals surface area (Å²) < 4.78 is 0. The molecule has 8 heteroatoms. The maximum atomic E-state index is 12.3. The Labute approximate surface area is 152 Å². The molecule has 0 spiro atoms. The van der Waals surface area contributed by atoms with E-state index in [2.05, 4.69) is 39.6 Å². The fraction of sp³-hybridized carbons (Fsp3) is 0.389. The standard InChI is InChI=1S/C18H22N6O2/c1-11-5-4-6-13(9-11)19-7-8-23-12(2)10-24-14-15(20-17(23)24)22(3)18(26)21-16(14)25/h4-6,9-10,14-15,19H,7-8H2,1-3H3,(H,21,25,26).